The number of guanidine groups is 1. The molecule has 1 amide bonds. The highest BCUT2D eigenvalue weighted by atomic mass is 35.5. The third-order valence-electron chi connectivity index (χ3n) is 4.60. The molecule has 1 saturated heterocycles. The van der Waals surface area contributed by atoms with Crippen molar-refractivity contribution in [3.8, 4) is 0 Å². The Morgan fingerprint density at radius 1 is 1.28 bits per heavy atom. The topological polar surface area (TPSA) is 95.4 Å². The number of amides is 1. The Morgan fingerprint density at radius 2 is 2.10 bits per heavy atom. The van der Waals surface area contributed by atoms with Crippen molar-refractivity contribution in [2.24, 2.45) is 9.98 Å². The molecule has 0 aromatic heterocycles. The van der Waals surface area contributed by atoms with Crippen LogP contribution in [-0.4, -0.2) is 54.4 Å². The molecule has 1 fully saturated rings. The minimum atomic E-state index is -0.396. The van der Waals surface area contributed by atoms with Gasteiger partial charge in [0, 0.05) is 13.5 Å². The van der Waals surface area contributed by atoms with Crippen molar-refractivity contribution in [2.75, 3.05) is 13.2 Å². The van der Waals surface area contributed by atoms with E-state index in [0.29, 0.717) is 35.7 Å². The summed E-state index contributed by atoms with van der Waals surface area (Å²) in [6.07, 6.45) is 3.92. The second kappa shape index (κ2) is 9.93. The van der Waals surface area contributed by atoms with Crippen molar-refractivity contribution in [1.82, 2.24) is 15.5 Å². The maximum Gasteiger partial charge on any atom is 0.302 e. The predicted octanol–water partition coefficient (Wildman–Crippen LogP) is 2.34. The van der Waals surface area contributed by atoms with E-state index in [1.807, 2.05) is 11.0 Å². The number of hydrogen-bond donors (Lipinski definition) is 2. The number of unbranched alkanes of at least 4 members (excludes halogenated alkanes) is 2. The van der Waals surface area contributed by atoms with Crippen molar-refractivity contribution < 1.29 is 14.3 Å². The van der Waals surface area contributed by atoms with Gasteiger partial charge in [0.1, 0.15) is 0 Å². The summed E-state index contributed by atoms with van der Waals surface area (Å²) in [7, 11) is 0. The number of ether oxygens (including phenoxy) is 1. The maximum absolute atomic E-state index is 12.6. The minimum Gasteiger partial charge on any atom is -0.466 e. The van der Waals surface area contributed by atoms with Gasteiger partial charge in [-0.25, -0.2) is 9.98 Å². The molecular weight excluding hydrogens is 417 g/mol. The van der Waals surface area contributed by atoms with Gasteiger partial charge in [-0.15, -0.1) is 0 Å². The van der Waals surface area contributed by atoms with Gasteiger partial charge in [-0.1, -0.05) is 29.3 Å². The van der Waals surface area contributed by atoms with Crippen LogP contribution < -0.4 is 10.6 Å². The molecule has 29 heavy (non-hydrogen) atoms. The minimum absolute atomic E-state index is 0.140. The summed E-state index contributed by atoms with van der Waals surface area (Å²) in [5, 5.41) is 6.91. The van der Waals surface area contributed by atoms with Gasteiger partial charge >= 0.3 is 5.97 Å². The van der Waals surface area contributed by atoms with Crippen molar-refractivity contribution in [3.63, 3.8) is 0 Å². The van der Waals surface area contributed by atoms with Crippen molar-refractivity contribution >= 4 is 47.4 Å². The van der Waals surface area contributed by atoms with Crippen LogP contribution in [-0.2, 0) is 20.9 Å². The fourth-order valence-corrected chi connectivity index (χ4v) is 3.47. The molecule has 2 unspecified atom stereocenters. The van der Waals surface area contributed by atoms with E-state index in [0.717, 1.165) is 24.8 Å². The van der Waals surface area contributed by atoms with E-state index in [1.54, 1.807) is 18.5 Å². The zero-order chi connectivity index (χ0) is 20.8. The fourth-order valence-electron chi connectivity index (χ4n) is 3.15. The van der Waals surface area contributed by atoms with E-state index in [9.17, 15) is 9.59 Å². The number of carbonyl (C=O) groups is 2. The second-order valence-electron chi connectivity index (χ2n) is 6.84. The third-order valence-corrected chi connectivity index (χ3v) is 5.34. The standard InChI is InChI=1S/C19H23Cl2N5O3/c1-12(27)29-8-4-2-3-7-26-11-23-17-16(26)18(28)25-19(24-17)22-10-13-5-6-14(20)15(21)9-13/h5-6,9,11,16-17H,2-4,7-8,10H2,1H3,(H2,22,24,25,28). The van der Waals surface area contributed by atoms with Crippen LogP contribution in [0.1, 0.15) is 31.7 Å². The zero-order valence-electron chi connectivity index (χ0n) is 16.0. The molecule has 1 aromatic rings. The highest BCUT2D eigenvalue weighted by Gasteiger charge is 2.40. The summed E-state index contributed by atoms with van der Waals surface area (Å²) in [6, 6.07) is 4.90. The number of nitrogens with one attached hydrogen (secondary N) is 2. The molecule has 156 valence electrons. The SMILES string of the molecule is CC(=O)OCCCCCN1C=NC2NC(=NCc3ccc(Cl)c(Cl)c3)NC(=O)C21. The molecule has 2 aliphatic rings. The van der Waals surface area contributed by atoms with E-state index in [4.69, 9.17) is 27.9 Å². The Bertz CT molecular complexity index is 830. The molecule has 0 spiro atoms. The number of halogens is 2. The first-order valence-electron chi connectivity index (χ1n) is 9.42. The van der Waals surface area contributed by atoms with Crippen LogP contribution >= 0.6 is 23.2 Å². The van der Waals surface area contributed by atoms with E-state index < -0.39 is 6.04 Å². The summed E-state index contributed by atoms with van der Waals surface area (Å²) >= 11 is 11.9. The van der Waals surface area contributed by atoms with E-state index in [-0.39, 0.29) is 18.0 Å². The fraction of sp³-hybridized carbons (Fsp3) is 0.474. The van der Waals surface area contributed by atoms with Crippen LogP contribution in [0.5, 0.6) is 0 Å². The molecule has 0 saturated carbocycles. The Kier molecular flexibility index (Phi) is 7.33. The third kappa shape index (κ3) is 5.83. The van der Waals surface area contributed by atoms with Crippen molar-refractivity contribution in [1.29, 1.82) is 0 Å². The maximum atomic E-state index is 12.6. The molecule has 10 heteroatoms. The van der Waals surface area contributed by atoms with Gasteiger partial charge in [0.15, 0.2) is 18.2 Å². The number of fused-ring (bicyclic) bond motifs is 1. The molecule has 2 atom stereocenters. The number of aliphatic imine (C=N–C) groups is 2. The van der Waals surface area contributed by atoms with Gasteiger partial charge in [0.05, 0.1) is 29.5 Å². The van der Waals surface area contributed by atoms with Gasteiger partial charge in [-0.2, -0.15) is 0 Å². The first kappa shape index (κ1) is 21.4. The highest BCUT2D eigenvalue weighted by Crippen LogP contribution is 2.23. The quantitative estimate of drug-likeness (QED) is 0.478. The number of rotatable bonds is 8. The molecule has 0 aliphatic carbocycles. The molecule has 2 heterocycles. The van der Waals surface area contributed by atoms with Crippen LogP contribution in [0.15, 0.2) is 28.2 Å². The Balaban J connectivity index is 1.48. The van der Waals surface area contributed by atoms with Crippen LogP contribution in [0.3, 0.4) is 0 Å². The number of benzene rings is 1. The highest BCUT2D eigenvalue weighted by molar-refractivity contribution is 6.42. The van der Waals surface area contributed by atoms with Crippen molar-refractivity contribution in [2.45, 2.75) is 44.9 Å². The lowest BCUT2D eigenvalue weighted by Gasteiger charge is -2.32. The summed E-state index contributed by atoms with van der Waals surface area (Å²) in [5.74, 6) is -0.0112. The molecule has 8 nitrogen and oxygen atoms in total. The smallest absolute Gasteiger partial charge is 0.302 e. The Labute approximate surface area is 179 Å². The zero-order valence-corrected chi connectivity index (χ0v) is 17.5. The average molecular weight is 440 g/mol. The molecule has 1 aromatic carbocycles. The predicted molar refractivity (Wildman–Crippen MR) is 112 cm³/mol. The normalized spacial score (nSPS) is 21.7. The lowest BCUT2D eigenvalue weighted by atomic mass is 10.1. The van der Waals surface area contributed by atoms with Crippen LogP contribution in [0.2, 0.25) is 10.0 Å². The molecule has 0 radical (unpaired) electrons. The number of carbonyl (C=O) groups excluding carboxylic acids is 2. The van der Waals surface area contributed by atoms with Crippen molar-refractivity contribution in [3.05, 3.63) is 33.8 Å². The number of hydrogen-bond acceptors (Lipinski definition) is 6. The van der Waals surface area contributed by atoms with Crippen LogP contribution in [0.4, 0.5) is 0 Å². The molecule has 2 N–H and O–H groups in total. The Hall–Kier alpha value is -2.32. The van der Waals surface area contributed by atoms with Gasteiger partial charge in [0.2, 0.25) is 0 Å². The largest absolute Gasteiger partial charge is 0.466 e. The number of nitrogens with zero attached hydrogens (tertiary/aromatic N) is 3. The molecular formula is C19H23Cl2N5O3. The Morgan fingerprint density at radius 3 is 2.86 bits per heavy atom. The summed E-state index contributed by atoms with van der Waals surface area (Å²) < 4.78 is 4.92. The first-order chi connectivity index (χ1) is 13.9. The summed E-state index contributed by atoms with van der Waals surface area (Å²) in [6.45, 7) is 2.89. The lowest BCUT2D eigenvalue weighted by molar-refractivity contribution is -0.141. The van der Waals surface area contributed by atoms with E-state index >= 15 is 0 Å². The van der Waals surface area contributed by atoms with Gasteiger partial charge in [0.25, 0.3) is 5.91 Å². The molecule has 3 rings (SSSR count). The van der Waals surface area contributed by atoms with Crippen LogP contribution in [0.25, 0.3) is 0 Å². The summed E-state index contributed by atoms with van der Waals surface area (Å²) in [4.78, 5) is 34.0. The first-order valence-corrected chi connectivity index (χ1v) is 10.2. The monoisotopic (exact) mass is 439 g/mol. The van der Waals surface area contributed by atoms with Gasteiger partial charge < -0.3 is 15.0 Å². The van der Waals surface area contributed by atoms with Gasteiger partial charge in [-0.05, 0) is 37.0 Å². The van der Waals surface area contributed by atoms with E-state index in [1.165, 1.54) is 6.92 Å². The summed E-state index contributed by atoms with van der Waals surface area (Å²) in [5.41, 5.74) is 0.885. The van der Waals surface area contributed by atoms with Crippen LogP contribution in [0, 0.1) is 0 Å². The molecule has 0 bridgehead atoms. The second-order valence-corrected chi connectivity index (χ2v) is 7.65. The molecule has 2 aliphatic heterocycles. The average Bonchev–Trinajstić information content (AvgIpc) is 3.09. The number of esters is 1. The lowest BCUT2D eigenvalue weighted by Crippen LogP contribution is -2.63. The van der Waals surface area contributed by atoms with E-state index in [2.05, 4.69) is 20.6 Å². The van der Waals surface area contributed by atoms with Gasteiger partial charge in [-0.3, -0.25) is 14.9 Å².